The van der Waals surface area contributed by atoms with Crippen molar-refractivity contribution in [2.75, 3.05) is 0 Å². The molecule has 18 heavy (non-hydrogen) atoms. The van der Waals surface area contributed by atoms with Gasteiger partial charge in [-0.25, -0.2) is 0 Å². The minimum absolute atomic E-state index is 0.147. The maximum atomic E-state index is 12.2. The van der Waals surface area contributed by atoms with Crippen LogP contribution in [0, 0.1) is 0 Å². The Bertz CT molecular complexity index is 448. The lowest BCUT2D eigenvalue weighted by atomic mass is 10.0. The molecule has 0 heterocycles. The zero-order valence-electron chi connectivity index (χ0n) is 9.22. The van der Waals surface area contributed by atoms with Crippen LogP contribution in [0.4, 0.5) is 13.2 Å². The van der Waals surface area contributed by atoms with Crippen molar-refractivity contribution >= 4 is 33.3 Å². The lowest BCUT2D eigenvalue weighted by molar-refractivity contribution is -0.274. The number of carbonyl (C=O) groups is 1. The van der Waals surface area contributed by atoms with Crippen molar-refractivity contribution in [3.8, 4) is 5.75 Å². The normalized spacial score (nSPS) is 13.2. The summed E-state index contributed by atoms with van der Waals surface area (Å²) in [5.74, 6) is -0.803. The first-order valence-electron chi connectivity index (χ1n) is 4.84. The predicted octanol–water partition coefficient (Wildman–Crippen LogP) is 4.35. The molecule has 0 aliphatic rings. The Morgan fingerprint density at radius 1 is 1.50 bits per heavy atom. The summed E-state index contributed by atoms with van der Waals surface area (Å²) < 4.78 is 40.5. The van der Waals surface area contributed by atoms with E-state index in [2.05, 4.69) is 20.7 Å². The Hall–Kier alpha value is -0.750. The average molecular weight is 346 g/mol. The molecule has 1 unspecified atom stereocenters. The first-order valence-corrected chi connectivity index (χ1v) is 6.29. The number of hydrogen-bond donors (Lipinski definition) is 0. The first-order chi connectivity index (χ1) is 8.26. The van der Waals surface area contributed by atoms with Crippen LogP contribution in [-0.2, 0) is 10.7 Å². The van der Waals surface area contributed by atoms with Crippen molar-refractivity contribution in [2.24, 2.45) is 0 Å². The monoisotopic (exact) mass is 344 g/mol. The molecule has 0 N–H and O–H groups in total. The molecule has 1 aromatic rings. The largest absolute Gasteiger partial charge is 0.573 e. The fourth-order valence-electron chi connectivity index (χ4n) is 1.40. The van der Waals surface area contributed by atoms with E-state index in [1.54, 1.807) is 0 Å². The van der Waals surface area contributed by atoms with Gasteiger partial charge >= 0.3 is 6.36 Å². The summed E-state index contributed by atoms with van der Waals surface area (Å²) in [6.07, 6.45) is -4.79. The van der Waals surface area contributed by atoms with Crippen LogP contribution in [0.2, 0.25) is 0 Å². The molecule has 0 spiro atoms. The molecule has 0 radical (unpaired) electrons. The minimum Gasteiger partial charge on any atom is -0.405 e. The third kappa shape index (κ3) is 3.88. The number of ether oxygens (including phenoxy) is 1. The molecule has 0 saturated heterocycles. The number of rotatable bonds is 4. The molecular formula is C11H9BrClF3O2. The number of alkyl halides is 5. The van der Waals surface area contributed by atoms with Gasteiger partial charge in [0, 0.05) is 5.56 Å². The second-order valence-corrected chi connectivity index (χ2v) is 4.66. The van der Waals surface area contributed by atoms with Crippen molar-refractivity contribution in [3.05, 3.63) is 29.3 Å². The highest BCUT2D eigenvalue weighted by molar-refractivity contribution is 9.09. The molecule has 0 aromatic heterocycles. The number of halogens is 5. The Kier molecular flexibility index (Phi) is 5.04. The molecule has 0 aliphatic heterocycles. The van der Waals surface area contributed by atoms with Crippen LogP contribution >= 0.6 is 27.5 Å². The van der Waals surface area contributed by atoms with E-state index in [4.69, 9.17) is 11.6 Å². The lowest BCUT2D eigenvalue weighted by Crippen LogP contribution is -2.18. The highest BCUT2D eigenvalue weighted by atomic mass is 79.9. The average Bonchev–Trinajstić information content (AvgIpc) is 2.25. The number of benzene rings is 1. The maximum Gasteiger partial charge on any atom is 0.573 e. The summed E-state index contributed by atoms with van der Waals surface area (Å²) in [5.41, 5.74) is 0.521. The zero-order chi connectivity index (χ0) is 13.9. The quantitative estimate of drug-likeness (QED) is 0.758. The number of carbonyl (C=O) groups excluding carboxylic acids is 1. The Morgan fingerprint density at radius 2 is 2.11 bits per heavy atom. The fraction of sp³-hybridized carbons (Fsp3) is 0.364. The van der Waals surface area contributed by atoms with E-state index in [1.807, 2.05) is 0 Å². The second kappa shape index (κ2) is 5.93. The van der Waals surface area contributed by atoms with Gasteiger partial charge in [-0.1, -0.05) is 28.1 Å². The summed E-state index contributed by atoms with van der Waals surface area (Å²) in [5, 5.41) is 0. The molecule has 2 nitrogen and oxygen atoms in total. The molecule has 0 bridgehead atoms. The van der Waals surface area contributed by atoms with Crippen molar-refractivity contribution in [1.29, 1.82) is 0 Å². The van der Waals surface area contributed by atoms with E-state index < -0.39 is 11.2 Å². The van der Waals surface area contributed by atoms with Gasteiger partial charge in [0.2, 0.25) is 0 Å². The first kappa shape index (κ1) is 15.3. The van der Waals surface area contributed by atoms with E-state index in [0.717, 1.165) is 6.07 Å². The van der Waals surface area contributed by atoms with E-state index in [9.17, 15) is 18.0 Å². The van der Waals surface area contributed by atoms with Crippen LogP contribution < -0.4 is 4.74 Å². The highest BCUT2D eigenvalue weighted by Crippen LogP contribution is 2.35. The number of ketones is 1. The molecule has 1 rings (SSSR count). The molecule has 0 saturated carbocycles. The van der Waals surface area contributed by atoms with E-state index in [0.29, 0.717) is 5.56 Å². The van der Waals surface area contributed by atoms with Crippen molar-refractivity contribution < 1.29 is 22.7 Å². The summed E-state index contributed by atoms with van der Waals surface area (Å²) in [4.78, 5) is 10.6. The van der Waals surface area contributed by atoms with E-state index >= 15 is 0 Å². The van der Waals surface area contributed by atoms with Crippen molar-refractivity contribution in [2.45, 2.75) is 24.0 Å². The summed E-state index contributed by atoms with van der Waals surface area (Å²) >= 11 is 8.75. The molecule has 0 aliphatic carbocycles. The topological polar surface area (TPSA) is 26.3 Å². The van der Waals surface area contributed by atoms with Crippen molar-refractivity contribution in [3.63, 3.8) is 0 Å². The van der Waals surface area contributed by atoms with Crippen LogP contribution in [0.15, 0.2) is 18.2 Å². The molecule has 1 aromatic carbocycles. The molecule has 0 fully saturated rings. The van der Waals surface area contributed by atoms with Crippen molar-refractivity contribution in [1.82, 2.24) is 0 Å². The van der Waals surface area contributed by atoms with Gasteiger partial charge in [0.05, 0.1) is 10.7 Å². The second-order valence-electron chi connectivity index (χ2n) is 3.48. The molecule has 1 atom stereocenters. The summed E-state index contributed by atoms with van der Waals surface area (Å²) in [6.45, 7) is 1.33. The third-order valence-electron chi connectivity index (χ3n) is 2.16. The number of Topliss-reactive ketones (excluding diaryl/α,β-unsaturated/α-hetero) is 1. The Labute approximate surface area is 115 Å². The molecular weight excluding hydrogens is 336 g/mol. The van der Waals surface area contributed by atoms with Crippen LogP contribution in [-0.4, -0.2) is 12.1 Å². The van der Waals surface area contributed by atoms with E-state index in [1.165, 1.54) is 19.1 Å². The van der Waals surface area contributed by atoms with Gasteiger partial charge < -0.3 is 4.74 Å². The maximum absolute atomic E-state index is 12.2. The van der Waals surface area contributed by atoms with Gasteiger partial charge in [0.1, 0.15) is 11.5 Å². The van der Waals surface area contributed by atoms with Gasteiger partial charge in [-0.15, -0.1) is 24.8 Å². The smallest absolute Gasteiger partial charge is 0.405 e. The molecule has 100 valence electrons. The summed E-state index contributed by atoms with van der Waals surface area (Å²) in [7, 11) is 0. The molecule has 7 heteroatoms. The van der Waals surface area contributed by atoms with Crippen LogP contribution in [0.3, 0.4) is 0 Å². The van der Waals surface area contributed by atoms with Crippen LogP contribution in [0.25, 0.3) is 0 Å². The number of hydrogen-bond acceptors (Lipinski definition) is 2. The molecule has 0 amide bonds. The van der Waals surface area contributed by atoms with Crippen LogP contribution in [0.5, 0.6) is 5.75 Å². The van der Waals surface area contributed by atoms with Gasteiger partial charge in [0.25, 0.3) is 0 Å². The van der Waals surface area contributed by atoms with Crippen LogP contribution in [0.1, 0.15) is 22.9 Å². The SMILES string of the molecule is CC(=O)C(Br)c1cccc(OC(F)(F)F)c1CCl. The fourth-order valence-corrected chi connectivity index (χ4v) is 2.12. The highest BCUT2D eigenvalue weighted by Gasteiger charge is 2.33. The van der Waals surface area contributed by atoms with E-state index in [-0.39, 0.29) is 23.0 Å². The van der Waals surface area contributed by atoms with Gasteiger partial charge in [-0.3, -0.25) is 4.79 Å². The third-order valence-corrected chi connectivity index (χ3v) is 3.56. The zero-order valence-corrected chi connectivity index (χ0v) is 11.6. The van der Waals surface area contributed by atoms with Gasteiger partial charge in [0.15, 0.2) is 0 Å². The van der Waals surface area contributed by atoms with Gasteiger partial charge in [-0.2, -0.15) is 0 Å². The van der Waals surface area contributed by atoms with Gasteiger partial charge in [-0.05, 0) is 18.6 Å². The predicted molar refractivity (Wildman–Crippen MR) is 65.0 cm³/mol. The lowest BCUT2D eigenvalue weighted by Gasteiger charge is -2.17. The summed E-state index contributed by atoms with van der Waals surface area (Å²) in [6, 6.07) is 4.07. The Balaban J connectivity index is 3.22. The minimum atomic E-state index is -4.79. The standard InChI is InChI=1S/C11H9BrClF3O2/c1-6(17)10(12)7-3-2-4-9(8(7)5-13)18-11(14,15)16/h2-4,10H,5H2,1H3. The Morgan fingerprint density at radius 3 is 2.56 bits per heavy atom.